The first kappa shape index (κ1) is 10.9. The zero-order valence-electron chi connectivity index (χ0n) is 7.64. The molecular weight excluding hydrogens is 140 g/mol. The summed E-state index contributed by atoms with van der Waals surface area (Å²) in [7, 11) is 0. The van der Waals surface area contributed by atoms with Gasteiger partial charge in [-0.2, -0.15) is 0 Å². The third-order valence-electron chi connectivity index (χ3n) is 1.70. The number of rotatable bonds is 7. The van der Waals surface area contributed by atoms with Crippen molar-refractivity contribution in [1.29, 1.82) is 0 Å². The second kappa shape index (κ2) is 8.02. The van der Waals surface area contributed by atoms with Gasteiger partial charge in [0, 0.05) is 0 Å². The van der Waals surface area contributed by atoms with Crippen molar-refractivity contribution in [3.63, 3.8) is 0 Å². The van der Waals surface area contributed by atoms with Gasteiger partial charge in [0.05, 0.1) is 12.7 Å². The fraction of sp³-hybridized carbons (Fsp3) is 1.00. The summed E-state index contributed by atoms with van der Waals surface area (Å²) in [5, 5.41) is 10.0. The average molecular weight is 159 g/mol. The van der Waals surface area contributed by atoms with Gasteiger partial charge in [-0.15, -0.1) is 0 Å². The lowest BCUT2D eigenvalue weighted by atomic mass is 10.1. The molecule has 0 aromatic rings. The fourth-order valence-electron chi connectivity index (χ4n) is 1.01. The van der Waals surface area contributed by atoms with Gasteiger partial charge in [0.1, 0.15) is 6.61 Å². The highest BCUT2D eigenvalue weighted by Gasteiger charge is 1.99. The van der Waals surface area contributed by atoms with Crippen LogP contribution in [0.5, 0.6) is 0 Å². The number of hydrogen-bond donors (Lipinski definition) is 0. The zero-order chi connectivity index (χ0) is 8.53. The zero-order valence-corrected chi connectivity index (χ0v) is 7.64. The second-order valence-electron chi connectivity index (χ2n) is 2.88. The highest BCUT2D eigenvalue weighted by atomic mass is 16.5. The first-order valence-corrected chi connectivity index (χ1v) is 4.51. The summed E-state index contributed by atoms with van der Waals surface area (Å²) in [6.45, 7) is 4.47. The van der Waals surface area contributed by atoms with Crippen molar-refractivity contribution >= 4 is 0 Å². The Kier molecular flexibility index (Phi) is 7.96. The maximum absolute atomic E-state index is 10.0. The monoisotopic (exact) mass is 159 g/mol. The Morgan fingerprint density at radius 3 is 2.64 bits per heavy atom. The van der Waals surface area contributed by atoms with Crippen molar-refractivity contribution in [2.45, 2.75) is 45.6 Å². The van der Waals surface area contributed by atoms with E-state index in [0.717, 1.165) is 6.42 Å². The molecule has 0 bridgehead atoms. The van der Waals surface area contributed by atoms with Gasteiger partial charge in [-0.25, -0.2) is 5.11 Å². The summed E-state index contributed by atoms with van der Waals surface area (Å²) >= 11 is 0. The molecule has 0 aromatic carbocycles. The van der Waals surface area contributed by atoms with E-state index in [1.165, 1.54) is 19.3 Å². The molecule has 1 atom stereocenters. The van der Waals surface area contributed by atoms with E-state index in [-0.39, 0.29) is 12.7 Å². The molecule has 11 heavy (non-hydrogen) atoms. The molecule has 2 nitrogen and oxygen atoms in total. The van der Waals surface area contributed by atoms with Crippen LogP contribution in [0.3, 0.4) is 0 Å². The molecule has 1 unspecified atom stereocenters. The lowest BCUT2D eigenvalue weighted by Gasteiger charge is -2.10. The molecule has 1 radical (unpaired) electrons. The maximum atomic E-state index is 10.0. The summed E-state index contributed by atoms with van der Waals surface area (Å²) < 4.78 is 5.23. The summed E-state index contributed by atoms with van der Waals surface area (Å²) in [5.41, 5.74) is 0. The molecule has 0 amide bonds. The Morgan fingerprint density at radius 1 is 1.36 bits per heavy atom. The molecule has 0 aliphatic heterocycles. The maximum Gasteiger partial charge on any atom is 0.106 e. The van der Waals surface area contributed by atoms with E-state index in [9.17, 15) is 5.11 Å². The molecule has 0 saturated heterocycles. The van der Waals surface area contributed by atoms with E-state index in [1.807, 2.05) is 6.92 Å². The quantitative estimate of drug-likeness (QED) is 0.524. The van der Waals surface area contributed by atoms with Crippen molar-refractivity contribution in [2.75, 3.05) is 13.2 Å². The normalized spacial score (nSPS) is 13.4. The van der Waals surface area contributed by atoms with E-state index in [0.29, 0.717) is 6.61 Å². The third kappa shape index (κ3) is 7.82. The van der Waals surface area contributed by atoms with Gasteiger partial charge in [-0.05, 0) is 13.3 Å². The summed E-state index contributed by atoms with van der Waals surface area (Å²) in [6, 6.07) is 0. The average Bonchev–Trinajstić information content (AvgIpc) is 2.01. The highest BCUT2D eigenvalue weighted by molar-refractivity contribution is 4.50. The topological polar surface area (TPSA) is 29.1 Å². The predicted molar refractivity (Wildman–Crippen MR) is 45.1 cm³/mol. The van der Waals surface area contributed by atoms with Crippen LogP contribution in [0.15, 0.2) is 0 Å². The third-order valence-corrected chi connectivity index (χ3v) is 1.70. The van der Waals surface area contributed by atoms with E-state index in [4.69, 9.17) is 4.74 Å². The van der Waals surface area contributed by atoms with Crippen LogP contribution in [0.2, 0.25) is 0 Å². The van der Waals surface area contributed by atoms with E-state index in [1.54, 1.807) is 0 Å². The molecule has 0 heterocycles. The minimum Gasteiger partial charge on any atom is -0.376 e. The van der Waals surface area contributed by atoms with Crippen LogP contribution in [-0.2, 0) is 9.84 Å². The highest BCUT2D eigenvalue weighted by Crippen LogP contribution is 2.05. The van der Waals surface area contributed by atoms with E-state index >= 15 is 0 Å². The molecule has 0 N–H and O–H groups in total. The Balaban J connectivity index is 3.02. The van der Waals surface area contributed by atoms with Gasteiger partial charge < -0.3 is 4.74 Å². The molecule has 0 saturated carbocycles. The van der Waals surface area contributed by atoms with E-state index < -0.39 is 0 Å². The number of ether oxygens (including phenoxy) is 1. The smallest absolute Gasteiger partial charge is 0.106 e. The van der Waals surface area contributed by atoms with Crippen molar-refractivity contribution in [3.8, 4) is 0 Å². The lowest BCUT2D eigenvalue weighted by Crippen LogP contribution is -2.10. The molecule has 0 aromatic heterocycles. The van der Waals surface area contributed by atoms with Crippen molar-refractivity contribution in [3.05, 3.63) is 0 Å². The molecular formula is C9H19O2. The van der Waals surface area contributed by atoms with Crippen LogP contribution in [0, 0.1) is 0 Å². The molecule has 0 rings (SSSR count). The molecule has 0 aliphatic carbocycles. The fourth-order valence-corrected chi connectivity index (χ4v) is 1.01. The Hall–Kier alpha value is -0.0800. The standard InChI is InChI=1S/C9H19O2/c1-3-4-5-6-9(2)11-8-7-10/h9H,3-8H2,1-2H3. The molecule has 67 valence electrons. The Bertz CT molecular complexity index is 74.0. The van der Waals surface area contributed by atoms with Crippen LogP contribution in [0.4, 0.5) is 0 Å². The first-order valence-electron chi connectivity index (χ1n) is 4.51. The van der Waals surface area contributed by atoms with Crippen LogP contribution in [-0.4, -0.2) is 19.3 Å². The summed E-state index contributed by atoms with van der Waals surface area (Å²) in [4.78, 5) is 0. The van der Waals surface area contributed by atoms with Gasteiger partial charge in [-0.1, -0.05) is 26.2 Å². The van der Waals surface area contributed by atoms with E-state index in [2.05, 4.69) is 6.92 Å². The van der Waals surface area contributed by atoms with Gasteiger partial charge in [0.25, 0.3) is 0 Å². The number of hydrogen-bond acceptors (Lipinski definition) is 1. The first-order chi connectivity index (χ1) is 5.31. The molecule has 0 spiro atoms. The Morgan fingerprint density at radius 2 is 2.09 bits per heavy atom. The molecule has 0 aliphatic rings. The number of unbranched alkanes of at least 4 members (excludes halogenated alkanes) is 2. The molecule has 0 fully saturated rings. The minimum atomic E-state index is -0.113. The SMILES string of the molecule is CCCCCC(C)OCC[O]. The van der Waals surface area contributed by atoms with Gasteiger partial charge in [0.15, 0.2) is 0 Å². The van der Waals surface area contributed by atoms with Crippen LogP contribution < -0.4 is 0 Å². The van der Waals surface area contributed by atoms with Gasteiger partial charge in [-0.3, -0.25) is 0 Å². The predicted octanol–water partition coefficient (Wildman–Crippen LogP) is 2.40. The van der Waals surface area contributed by atoms with Crippen molar-refractivity contribution in [2.24, 2.45) is 0 Å². The second-order valence-corrected chi connectivity index (χ2v) is 2.88. The largest absolute Gasteiger partial charge is 0.376 e. The van der Waals surface area contributed by atoms with Crippen molar-refractivity contribution < 1.29 is 9.84 Å². The summed E-state index contributed by atoms with van der Waals surface area (Å²) in [6.07, 6.45) is 5.10. The van der Waals surface area contributed by atoms with Crippen LogP contribution in [0.1, 0.15) is 39.5 Å². The molecule has 2 heteroatoms. The Labute approximate surface area is 69.6 Å². The minimum absolute atomic E-state index is 0.113. The van der Waals surface area contributed by atoms with Crippen molar-refractivity contribution in [1.82, 2.24) is 0 Å². The van der Waals surface area contributed by atoms with Gasteiger partial charge in [0.2, 0.25) is 0 Å². The van der Waals surface area contributed by atoms with Gasteiger partial charge >= 0.3 is 0 Å². The lowest BCUT2D eigenvalue weighted by molar-refractivity contribution is 0.0163. The van der Waals surface area contributed by atoms with Crippen LogP contribution >= 0.6 is 0 Å². The summed E-state index contributed by atoms with van der Waals surface area (Å²) in [5.74, 6) is 0. The van der Waals surface area contributed by atoms with Crippen LogP contribution in [0.25, 0.3) is 0 Å².